The topological polar surface area (TPSA) is 40.5 Å². The van der Waals surface area contributed by atoms with Gasteiger partial charge in [-0.15, -0.1) is 0 Å². The summed E-state index contributed by atoms with van der Waals surface area (Å²) >= 11 is 0. The molecule has 8 atom stereocenters. The van der Waals surface area contributed by atoms with Gasteiger partial charge in [0.1, 0.15) is 0 Å². The highest BCUT2D eigenvalue weighted by Gasteiger charge is 2.64. The van der Waals surface area contributed by atoms with Crippen LogP contribution in [-0.2, 0) is 0 Å². The lowest BCUT2D eigenvalue weighted by Gasteiger charge is -2.39. The summed E-state index contributed by atoms with van der Waals surface area (Å²) in [7, 11) is 0. The molecule has 0 amide bonds. The van der Waals surface area contributed by atoms with Gasteiger partial charge in [-0.05, 0) is 67.1 Å². The van der Waals surface area contributed by atoms with Gasteiger partial charge < -0.3 is 10.2 Å². The first-order valence-electron chi connectivity index (χ1n) is 6.58. The molecule has 2 N–H and O–H groups in total. The van der Waals surface area contributed by atoms with Crippen LogP contribution < -0.4 is 0 Å². The summed E-state index contributed by atoms with van der Waals surface area (Å²) in [6.07, 6.45) is 5.01. The molecule has 4 saturated carbocycles. The molecule has 0 saturated heterocycles. The molecule has 4 aliphatic carbocycles. The highest BCUT2D eigenvalue weighted by molar-refractivity contribution is 5.12. The first kappa shape index (κ1) is 9.00. The van der Waals surface area contributed by atoms with Crippen molar-refractivity contribution in [3.8, 4) is 0 Å². The Labute approximate surface area is 90.7 Å². The second-order valence-corrected chi connectivity index (χ2v) is 6.46. The lowest BCUT2D eigenvalue weighted by Crippen LogP contribution is -2.38. The van der Waals surface area contributed by atoms with Gasteiger partial charge in [-0.3, -0.25) is 0 Å². The zero-order valence-corrected chi connectivity index (χ0v) is 9.05. The van der Waals surface area contributed by atoms with Crippen molar-refractivity contribution in [1.82, 2.24) is 0 Å². The summed E-state index contributed by atoms with van der Waals surface area (Å²) in [5.41, 5.74) is 0. The zero-order chi connectivity index (χ0) is 10.2. The zero-order valence-electron chi connectivity index (χ0n) is 9.05. The van der Waals surface area contributed by atoms with Crippen molar-refractivity contribution >= 4 is 0 Å². The Morgan fingerprint density at radius 3 is 2.40 bits per heavy atom. The Kier molecular flexibility index (Phi) is 1.67. The lowest BCUT2D eigenvalue weighted by molar-refractivity contribution is 0.00356. The molecule has 0 spiro atoms. The molecule has 0 radical (unpaired) electrons. The van der Waals surface area contributed by atoms with Gasteiger partial charge in [-0.1, -0.05) is 0 Å². The normalized spacial score (nSPS) is 65.2. The van der Waals surface area contributed by atoms with Crippen molar-refractivity contribution in [2.45, 2.75) is 31.8 Å². The molecule has 4 aliphatic rings. The maximum absolute atomic E-state index is 9.99. The first-order valence-corrected chi connectivity index (χ1v) is 6.58. The van der Waals surface area contributed by atoms with Crippen LogP contribution in [0.25, 0.3) is 0 Å². The predicted octanol–water partition coefficient (Wildman–Crippen LogP) is 1.27. The van der Waals surface area contributed by atoms with Gasteiger partial charge in [-0.25, -0.2) is 0 Å². The molecule has 0 aliphatic heterocycles. The van der Waals surface area contributed by atoms with E-state index < -0.39 is 0 Å². The van der Waals surface area contributed by atoms with E-state index in [0.717, 1.165) is 36.0 Å². The Hall–Kier alpha value is -0.0800. The van der Waals surface area contributed by atoms with E-state index in [2.05, 4.69) is 0 Å². The third kappa shape index (κ3) is 0.938. The molecule has 0 aromatic carbocycles. The van der Waals surface area contributed by atoms with E-state index in [1.54, 1.807) is 0 Å². The third-order valence-corrected chi connectivity index (χ3v) is 6.16. The monoisotopic (exact) mass is 208 g/mol. The summed E-state index contributed by atoms with van der Waals surface area (Å²) in [6.45, 7) is 0.387. The Morgan fingerprint density at radius 1 is 0.867 bits per heavy atom. The quantitative estimate of drug-likeness (QED) is 0.637. The summed E-state index contributed by atoms with van der Waals surface area (Å²) in [4.78, 5) is 0. The van der Waals surface area contributed by atoms with Crippen LogP contribution >= 0.6 is 0 Å². The molecule has 2 nitrogen and oxygen atoms in total. The average Bonchev–Trinajstić information content (AvgIpc) is 2.91. The molecule has 15 heavy (non-hydrogen) atoms. The molecule has 0 aromatic heterocycles. The maximum Gasteiger partial charge on any atom is 0.0574 e. The Morgan fingerprint density at radius 2 is 1.60 bits per heavy atom. The van der Waals surface area contributed by atoms with Crippen LogP contribution in [0.2, 0.25) is 0 Å². The van der Waals surface area contributed by atoms with Crippen molar-refractivity contribution in [3.05, 3.63) is 0 Å². The molecule has 4 fully saturated rings. The van der Waals surface area contributed by atoms with Crippen LogP contribution in [0.15, 0.2) is 0 Å². The van der Waals surface area contributed by atoms with Gasteiger partial charge >= 0.3 is 0 Å². The summed E-state index contributed by atoms with van der Waals surface area (Å²) in [6, 6.07) is 0. The van der Waals surface area contributed by atoms with E-state index in [0.29, 0.717) is 18.4 Å². The van der Waals surface area contributed by atoms with Gasteiger partial charge in [0.25, 0.3) is 0 Å². The van der Waals surface area contributed by atoms with Crippen molar-refractivity contribution in [2.75, 3.05) is 6.61 Å². The number of hydrogen-bond donors (Lipinski definition) is 2. The van der Waals surface area contributed by atoms with Crippen LogP contribution in [0.3, 0.4) is 0 Å². The standard InChI is InChI=1S/C13H20O2/c14-5-8-1-6-2-9(8)13-10-3-7(12(6)13)4-11(10)15/h6-15H,1-5H2. The minimum Gasteiger partial charge on any atom is -0.396 e. The molecule has 4 bridgehead atoms. The first-order chi connectivity index (χ1) is 7.29. The van der Waals surface area contributed by atoms with Gasteiger partial charge in [0, 0.05) is 6.61 Å². The second kappa shape index (κ2) is 2.78. The number of aliphatic hydroxyl groups excluding tert-OH is 2. The fourth-order valence-corrected chi connectivity index (χ4v) is 5.92. The smallest absolute Gasteiger partial charge is 0.0574 e. The highest BCUT2D eigenvalue weighted by Crippen LogP contribution is 2.68. The number of rotatable bonds is 1. The highest BCUT2D eigenvalue weighted by atomic mass is 16.3. The van der Waals surface area contributed by atoms with Gasteiger partial charge in [0.05, 0.1) is 6.10 Å². The van der Waals surface area contributed by atoms with Gasteiger partial charge in [-0.2, -0.15) is 0 Å². The molecule has 8 unspecified atom stereocenters. The van der Waals surface area contributed by atoms with E-state index in [1.807, 2.05) is 0 Å². The summed E-state index contributed by atoms with van der Waals surface area (Å²) in [5, 5.41) is 19.4. The minimum atomic E-state index is -0.00468. The van der Waals surface area contributed by atoms with Crippen LogP contribution in [-0.4, -0.2) is 22.9 Å². The molecular weight excluding hydrogens is 188 g/mol. The van der Waals surface area contributed by atoms with E-state index in [1.165, 1.54) is 19.3 Å². The average molecular weight is 208 g/mol. The molecular formula is C13H20O2. The Bertz CT molecular complexity index is 290. The molecule has 0 aromatic rings. The third-order valence-electron chi connectivity index (χ3n) is 6.16. The van der Waals surface area contributed by atoms with Crippen LogP contribution in [0.5, 0.6) is 0 Å². The van der Waals surface area contributed by atoms with Crippen molar-refractivity contribution in [1.29, 1.82) is 0 Å². The van der Waals surface area contributed by atoms with Gasteiger partial charge in [0.2, 0.25) is 0 Å². The maximum atomic E-state index is 9.99. The SMILES string of the molecule is OCC1CC2CC1C1C3CC(CC3O)C21. The fourth-order valence-electron chi connectivity index (χ4n) is 5.92. The molecule has 4 rings (SSSR count). The summed E-state index contributed by atoms with van der Waals surface area (Å²) in [5.74, 6) is 5.40. The number of aliphatic hydroxyl groups is 2. The predicted molar refractivity (Wildman–Crippen MR) is 56.0 cm³/mol. The van der Waals surface area contributed by atoms with Crippen molar-refractivity contribution in [2.24, 2.45) is 41.4 Å². The van der Waals surface area contributed by atoms with Gasteiger partial charge in [0.15, 0.2) is 0 Å². The minimum absolute atomic E-state index is 0.00468. The van der Waals surface area contributed by atoms with Crippen molar-refractivity contribution < 1.29 is 10.2 Å². The molecule has 2 heteroatoms. The van der Waals surface area contributed by atoms with Crippen LogP contribution in [0, 0.1) is 41.4 Å². The van der Waals surface area contributed by atoms with Crippen molar-refractivity contribution in [3.63, 3.8) is 0 Å². The number of hydrogen-bond acceptors (Lipinski definition) is 2. The largest absolute Gasteiger partial charge is 0.396 e. The molecule has 84 valence electrons. The Balaban J connectivity index is 1.67. The van der Waals surface area contributed by atoms with Crippen LogP contribution in [0.1, 0.15) is 25.7 Å². The van der Waals surface area contributed by atoms with E-state index in [4.69, 9.17) is 0 Å². The molecule has 0 heterocycles. The number of fused-ring (bicyclic) bond motifs is 9. The fraction of sp³-hybridized carbons (Fsp3) is 1.00. The van der Waals surface area contributed by atoms with E-state index >= 15 is 0 Å². The van der Waals surface area contributed by atoms with Crippen LogP contribution in [0.4, 0.5) is 0 Å². The van der Waals surface area contributed by atoms with E-state index in [-0.39, 0.29) is 6.10 Å². The summed E-state index contributed by atoms with van der Waals surface area (Å²) < 4.78 is 0. The lowest BCUT2D eigenvalue weighted by atomic mass is 9.67. The van der Waals surface area contributed by atoms with E-state index in [9.17, 15) is 10.2 Å². The second-order valence-electron chi connectivity index (χ2n) is 6.46.